The van der Waals surface area contributed by atoms with Gasteiger partial charge in [-0.25, -0.2) is 10.2 Å². The number of azide groups is 1. The first-order valence-electron chi connectivity index (χ1n) is 20.2. The van der Waals surface area contributed by atoms with Gasteiger partial charge in [-0.2, -0.15) is 5.11 Å². The molecule has 0 aromatic heterocycles. The molecule has 1 saturated heterocycles. The predicted molar refractivity (Wildman–Crippen MR) is 261 cm³/mol. The summed E-state index contributed by atoms with van der Waals surface area (Å²) in [6, 6.07) is 58.0. The van der Waals surface area contributed by atoms with Crippen molar-refractivity contribution >= 4 is 60.0 Å². The number of hydrogen-bond donors (Lipinski definition) is 1. The van der Waals surface area contributed by atoms with Crippen LogP contribution in [-0.4, -0.2) is 41.1 Å². The summed E-state index contributed by atoms with van der Waals surface area (Å²) < 4.78 is 13.8. The number of imide groups is 1. The molecule has 15 heteroatoms. The van der Waals surface area contributed by atoms with Gasteiger partial charge in [-0.15, -0.1) is 5.06 Å². The second kappa shape index (κ2) is 28.6. The first-order chi connectivity index (χ1) is 30.8. The van der Waals surface area contributed by atoms with Gasteiger partial charge in [0, 0.05) is 40.9 Å². The van der Waals surface area contributed by atoms with Crippen LogP contribution >= 0.6 is 15.1 Å². The molecule has 7 rings (SSSR count). The average molecular weight is 912 g/mol. The van der Waals surface area contributed by atoms with Gasteiger partial charge in [0.2, 0.25) is 5.91 Å². The number of carbonyl (C=O) groups excluding carboxylic acids is 4. The first kappa shape index (κ1) is 52.3. The molecular weight excluding hydrogens is 857 g/mol. The van der Waals surface area contributed by atoms with Crippen LogP contribution in [0.5, 0.6) is 0 Å². The molecule has 0 bridgehead atoms. The molecule has 3 amide bonds. The summed E-state index contributed by atoms with van der Waals surface area (Å²) in [4.78, 5) is 55.0. The Morgan fingerprint density at radius 3 is 1.49 bits per heavy atom. The number of hydrogen-bond acceptors (Lipinski definition) is 9. The first-order valence-corrected chi connectivity index (χ1v) is 23.6. The summed E-state index contributed by atoms with van der Waals surface area (Å²) >= 11 is 0. The van der Waals surface area contributed by atoms with Gasteiger partial charge in [-0.1, -0.05) is 207 Å². The van der Waals surface area contributed by atoms with E-state index in [2.05, 4.69) is 50.1 Å². The van der Waals surface area contributed by atoms with Crippen molar-refractivity contribution in [2.75, 3.05) is 12.3 Å². The molecule has 0 aliphatic carbocycles. The van der Waals surface area contributed by atoms with Crippen molar-refractivity contribution in [2.45, 2.75) is 53.6 Å². The molecular formula is C50H55N7O6P2. The summed E-state index contributed by atoms with van der Waals surface area (Å²) in [5.74, 6) is -1.76. The van der Waals surface area contributed by atoms with Gasteiger partial charge >= 0.3 is 5.97 Å². The highest BCUT2D eigenvalue weighted by atomic mass is 31.2. The fraction of sp³-hybridized carbons (Fsp3) is 0.200. The van der Waals surface area contributed by atoms with Crippen LogP contribution in [0.4, 0.5) is 0 Å². The third kappa shape index (κ3) is 17.2. The molecule has 13 nitrogen and oxygen atoms in total. The molecule has 0 atom stereocenters. The Hall–Kier alpha value is -7.03. The molecule has 1 fully saturated rings. The van der Waals surface area contributed by atoms with E-state index in [-0.39, 0.29) is 52.6 Å². The molecule has 0 spiro atoms. The highest BCUT2D eigenvalue weighted by Crippen LogP contribution is 2.43. The number of nitrogens with zero attached hydrogens (tertiary/aromatic N) is 6. The quantitative estimate of drug-likeness (QED) is 0.0252. The maximum atomic E-state index is 13.8. The van der Waals surface area contributed by atoms with E-state index < -0.39 is 32.8 Å². The maximum Gasteiger partial charge on any atom is 0.333 e. The van der Waals surface area contributed by atoms with Gasteiger partial charge < -0.3 is 9.40 Å². The third-order valence-corrected chi connectivity index (χ3v) is 15.0. The molecule has 1 aliphatic rings. The van der Waals surface area contributed by atoms with Gasteiger partial charge in [-0.05, 0) is 41.4 Å². The smallest absolute Gasteiger partial charge is 0.330 e. The number of hydroxylamine groups is 2. The summed E-state index contributed by atoms with van der Waals surface area (Å²) in [7, 11) is -3.61. The minimum Gasteiger partial charge on any atom is -0.330 e. The van der Waals surface area contributed by atoms with Crippen molar-refractivity contribution in [1.29, 1.82) is 0 Å². The molecule has 1 N–H and O–H groups in total. The Kier molecular flexibility index (Phi) is 23.0. The van der Waals surface area contributed by atoms with Gasteiger partial charge in [0.25, 0.3) is 11.8 Å². The second-order valence-corrected chi connectivity index (χ2v) is 19.1. The number of amides is 3. The molecule has 65 heavy (non-hydrogen) atoms. The molecule has 6 aromatic rings. The Bertz CT molecular complexity index is 2380. The van der Waals surface area contributed by atoms with E-state index in [4.69, 9.17) is 10.4 Å². The third-order valence-electron chi connectivity index (χ3n) is 9.38. The molecule has 336 valence electrons. The van der Waals surface area contributed by atoms with Crippen LogP contribution < -0.4 is 26.6 Å². The lowest BCUT2D eigenvalue weighted by molar-refractivity contribution is -0.197. The standard InChI is InChI=1S/C22H22N3O2P.C19H18NO4P.C7H7N3.2CH4/c26-22(24-25-23-18-19-10-4-1-5-11-19)16-17-28(27,20-12-6-2-7-13-20)21-14-8-3-9-15-21;21-17-11-12-18(22)20(17)24-19(23)13-14-25(15-7-3-1-4-8-15)16-9-5-2-6-10-16;8-10-9-6-7-4-2-1-3-5-7;;/h1-15H,16-18H2,(H,23,24,26);1-10H,11-14H2;1-5H,6H2;2*1H4. The Labute approximate surface area is 382 Å². The van der Waals surface area contributed by atoms with E-state index >= 15 is 0 Å². The van der Waals surface area contributed by atoms with Crippen molar-refractivity contribution in [3.05, 3.63) is 204 Å². The van der Waals surface area contributed by atoms with Crippen LogP contribution in [0.2, 0.25) is 0 Å². The highest BCUT2D eigenvalue weighted by molar-refractivity contribution is 7.78. The van der Waals surface area contributed by atoms with Gasteiger partial charge in [0.1, 0.15) is 7.14 Å². The summed E-state index contributed by atoms with van der Waals surface area (Å²) in [6.45, 7) is 0.838. The zero-order valence-corrected chi connectivity index (χ0v) is 36.3. The molecule has 0 saturated carbocycles. The zero-order valence-electron chi connectivity index (χ0n) is 34.5. The number of carbonyl (C=O) groups is 4. The summed E-state index contributed by atoms with van der Waals surface area (Å²) in [5.41, 5.74) is 12.5. The van der Waals surface area contributed by atoms with E-state index in [1.54, 1.807) is 0 Å². The van der Waals surface area contributed by atoms with Crippen LogP contribution in [0, 0.1) is 0 Å². The second-order valence-electron chi connectivity index (χ2n) is 13.8. The number of benzene rings is 6. The van der Waals surface area contributed by atoms with Crippen LogP contribution in [0.3, 0.4) is 0 Å². The van der Waals surface area contributed by atoms with Gasteiger partial charge in [-0.3, -0.25) is 14.4 Å². The fourth-order valence-corrected chi connectivity index (χ4v) is 11.1. The van der Waals surface area contributed by atoms with Gasteiger partial charge in [0.05, 0.1) is 19.5 Å². The maximum absolute atomic E-state index is 13.8. The normalized spacial score (nSPS) is 11.7. The number of nitrogens with one attached hydrogen (secondary N) is 1. The van der Waals surface area contributed by atoms with Crippen molar-refractivity contribution < 1.29 is 28.6 Å². The van der Waals surface area contributed by atoms with Crippen LogP contribution in [-0.2, 0) is 41.7 Å². The summed E-state index contributed by atoms with van der Waals surface area (Å²) in [5, 5.41) is 15.6. The highest BCUT2D eigenvalue weighted by Gasteiger charge is 2.33. The molecule has 1 aliphatic heterocycles. The molecule has 6 aromatic carbocycles. The SMILES string of the molecule is C.C.O=C(CCP(=O)(c1ccccc1)c1ccccc1)NN=NCc1ccccc1.O=C(CCP(c1ccccc1)c1ccccc1)ON1C(=O)CCC1=O.[N-]=[N+]=NCc1ccccc1. The van der Waals surface area contributed by atoms with E-state index in [0.29, 0.717) is 24.3 Å². The Morgan fingerprint density at radius 1 is 0.631 bits per heavy atom. The number of rotatable bonds is 16. The minimum absolute atomic E-state index is 0. The lowest BCUT2D eigenvalue weighted by Gasteiger charge is -2.19. The zero-order chi connectivity index (χ0) is 44.5. The molecule has 1 heterocycles. The molecule has 0 unspecified atom stereocenters. The topological polar surface area (TPSA) is 183 Å². The Balaban J connectivity index is 0.000000279. The van der Waals surface area contributed by atoms with E-state index in [9.17, 15) is 23.7 Å². The minimum atomic E-state index is -2.90. The summed E-state index contributed by atoms with van der Waals surface area (Å²) in [6.07, 6.45) is 1.29. The lowest BCUT2D eigenvalue weighted by Crippen LogP contribution is -2.32. The molecule has 0 radical (unpaired) electrons. The predicted octanol–water partition coefficient (Wildman–Crippen LogP) is 9.96. The fourth-order valence-electron chi connectivity index (χ4n) is 6.18. The van der Waals surface area contributed by atoms with Crippen LogP contribution in [0.25, 0.3) is 10.4 Å². The monoisotopic (exact) mass is 911 g/mol. The average Bonchev–Trinajstić information content (AvgIpc) is 3.66. The van der Waals surface area contributed by atoms with Crippen molar-refractivity contribution in [2.24, 2.45) is 15.5 Å². The van der Waals surface area contributed by atoms with Crippen LogP contribution in [0.1, 0.15) is 51.7 Å². The Morgan fingerprint density at radius 2 is 1.05 bits per heavy atom. The van der Waals surface area contributed by atoms with E-state index in [1.165, 1.54) is 10.6 Å². The van der Waals surface area contributed by atoms with Crippen LogP contribution in [0.15, 0.2) is 197 Å². The van der Waals surface area contributed by atoms with Crippen molar-refractivity contribution in [3.63, 3.8) is 0 Å². The van der Waals surface area contributed by atoms with Gasteiger partial charge in [0.15, 0.2) is 0 Å². The van der Waals surface area contributed by atoms with Crippen molar-refractivity contribution in [3.8, 4) is 0 Å². The van der Waals surface area contributed by atoms with E-state index in [1.807, 2.05) is 158 Å². The lowest BCUT2D eigenvalue weighted by atomic mass is 10.2. The van der Waals surface area contributed by atoms with E-state index in [0.717, 1.165) is 21.7 Å². The van der Waals surface area contributed by atoms with Crippen molar-refractivity contribution in [1.82, 2.24) is 10.5 Å². The largest absolute Gasteiger partial charge is 0.333 e.